The minimum absolute atomic E-state index is 0.196. The molecule has 1 aromatic carbocycles. The van der Waals surface area contributed by atoms with E-state index in [0.29, 0.717) is 6.54 Å². The van der Waals surface area contributed by atoms with Crippen LogP contribution in [0.4, 0.5) is 10.1 Å². The molecule has 0 aromatic heterocycles. The highest BCUT2D eigenvalue weighted by Crippen LogP contribution is 2.27. The van der Waals surface area contributed by atoms with Gasteiger partial charge in [0.15, 0.2) is 0 Å². The smallest absolute Gasteiger partial charge is 0.123 e. The summed E-state index contributed by atoms with van der Waals surface area (Å²) in [5.74, 6) is -0.196. The van der Waals surface area contributed by atoms with Gasteiger partial charge in [-0.15, -0.1) is 0 Å². The number of halogens is 1. The van der Waals surface area contributed by atoms with E-state index in [1.165, 1.54) is 31.7 Å². The van der Waals surface area contributed by atoms with Crippen LogP contribution < -0.4 is 10.6 Å². The highest BCUT2D eigenvalue weighted by Gasteiger charge is 2.26. The van der Waals surface area contributed by atoms with Crippen molar-refractivity contribution in [1.29, 1.82) is 0 Å². The maximum absolute atomic E-state index is 13.3. The molecule has 110 valence electrons. The Labute approximate surface area is 120 Å². The van der Waals surface area contributed by atoms with Crippen molar-refractivity contribution >= 4 is 5.69 Å². The number of nitrogens with two attached hydrogens (primary N) is 1. The van der Waals surface area contributed by atoms with Crippen molar-refractivity contribution in [2.75, 3.05) is 31.1 Å². The first-order valence-electron chi connectivity index (χ1n) is 7.75. The first-order valence-corrected chi connectivity index (χ1v) is 7.75. The second-order valence-electron chi connectivity index (χ2n) is 5.94. The van der Waals surface area contributed by atoms with Gasteiger partial charge in [0.05, 0.1) is 0 Å². The van der Waals surface area contributed by atoms with Gasteiger partial charge in [0.25, 0.3) is 0 Å². The third-order valence-electron chi connectivity index (χ3n) is 4.76. The molecule has 4 heteroatoms. The highest BCUT2D eigenvalue weighted by molar-refractivity contribution is 5.54. The average Bonchev–Trinajstić information content (AvgIpc) is 3.01. The second-order valence-corrected chi connectivity index (χ2v) is 5.94. The van der Waals surface area contributed by atoms with E-state index in [4.69, 9.17) is 5.73 Å². The first kappa shape index (κ1) is 13.8. The number of nitrogens with zero attached hydrogens (tertiary/aromatic N) is 2. The summed E-state index contributed by atoms with van der Waals surface area (Å²) in [4.78, 5) is 4.99. The maximum atomic E-state index is 13.3. The molecule has 3 nitrogen and oxygen atoms in total. The molecule has 1 aliphatic heterocycles. The van der Waals surface area contributed by atoms with E-state index in [9.17, 15) is 4.39 Å². The van der Waals surface area contributed by atoms with Gasteiger partial charge < -0.3 is 10.6 Å². The van der Waals surface area contributed by atoms with Crippen LogP contribution in [0.3, 0.4) is 0 Å². The Bertz CT molecular complexity index is 449. The molecular weight excluding hydrogens is 253 g/mol. The SMILES string of the molecule is NCc1cc(F)ccc1N1CCN(C2CCCC2)CC1. The molecule has 1 heterocycles. The van der Waals surface area contributed by atoms with Gasteiger partial charge in [0.2, 0.25) is 0 Å². The van der Waals surface area contributed by atoms with Crippen molar-refractivity contribution in [2.45, 2.75) is 38.3 Å². The molecule has 0 amide bonds. The molecule has 20 heavy (non-hydrogen) atoms. The topological polar surface area (TPSA) is 32.5 Å². The fraction of sp³-hybridized carbons (Fsp3) is 0.625. The quantitative estimate of drug-likeness (QED) is 0.920. The summed E-state index contributed by atoms with van der Waals surface area (Å²) in [5, 5.41) is 0. The minimum Gasteiger partial charge on any atom is -0.369 e. The van der Waals surface area contributed by atoms with Crippen LogP contribution in [-0.4, -0.2) is 37.1 Å². The van der Waals surface area contributed by atoms with E-state index in [-0.39, 0.29) is 5.82 Å². The summed E-state index contributed by atoms with van der Waals surface area (Å²) in [5.41, 5.74) is 7.78. The van der Waals surface area contributed by atoms with Gasteiger partial charge in [-0.2, -0.15) is 0 Å². The largest absolute Gasteiger partial charge is 0.369 e. The normalized spacial score (nSPS) is 21.6. The van der Waals surface area contributed by atoms with Crippen LogP contribution in [0, 0.1) is 5.82 Å². The molecular formula is C16H24FN3. The van der Waals surface area contributed by atoms with Crippen LogP contribution in [0.25, 0.3) is 0 Å². The zero-order chi connectivity index (χ0) is 13.9. The minimum atomic E-state index is -0.196. The maximum Gasteiger partial charge on any atom is 0.123 e. The predicted octanol–water partition coefficient (Wildman–Crippen LogP) is 2.35. The van der Waals surface area contributed by atoms with E-state index in [1.807, 2.05) is 6.07 Å². The molecule has 0 atom stereocenters. The third-order valence-corrected chi connectivity index (χ3v) is 4.76. The van der Waals surface area contributed by atoms with Crippen molar-refractivity contribution in [2.24, 2.45) is 5.73 Å². The highest BCUT2D eigenvalue weighted by atomic mass is 19.1. The summed E-state index contributed by atoms with van der Waals surface area (Å²) in [6.45, 7) is 4.68. The molecule has 1 saturated carbocycles. The molecule has 3 rings (SSSR count). The summed E-state index contributed by atoms with van der Waals surface area (Å²) >= 11 is 0. The zero-order valence-corrected chi connectivity index (χ0v) is 12.0. The Morgan fingerprint density at radius 3 is 2.45 bits per heavy atom. The van der Waals surface area contributed by atoms with Crippen LogP contribution in [0.5, 0.6) is 0 Å². The lowest BCUT2D eigenvalue weighted by atomic mass is 10.1. The number of benzene rings is 1. The summed E-state index contributed by atoms with van der Waals surface area (Å²) in [6.07, 6.45) is 5.51. The van der Waals surface area contributed by atoms with Gasteiger partial charge in [0.1, 0.15) is 5.82 Å². The van der Waals surface area contributed by atoms with E-state index in [2.05, 4.69) is 9.80 Å². The lowest BCUT2D eigenvalue weighted by molar-refractivity contribution is 0.187. The van der Waals surface area contributed by atoms with Gasteiger partial charge in [-0.05, 0) is 36.6 Å². The fourth-order valence-corrected chi connectivity index (χ4v) is 3.62. The van der Waals surface area contributed by atoms with Crippen LogP contribution >= 0.6 is 0 Å². The molecule has 0 radical (unpaired) electrons. The van der Waals surface area contributed by atoms with E-state index in [0.717, 1.165) is 43.5 Å². The van der Waals surface area contributed by atoms with Crippen molar-refractivity contribution in [3.63, 3.8) is 0 Å². The number of piperazine rings is 1. The zero-order valence-electron chi connectivity index (χ0n) is 12.0. The lowest BCUT2D eigenvalue weighted by Gasteiger charge is -2.39. The monoisotopic (exact) mass is 277 g/mol. The van der Waals surface area contributed by atoms with Gasteiger partial charge in [-0.1, -0.05) is 12.8 Å². The Kier molecular flexibility index (Phi) is 4.22. The van der Waals surface area contributed by atoms with E-state index >= 15 is 0 Å². The molecule has 2 fully saturated rings. The third kappa shape index (κ3) is 2.81. The number of rotatable bonds is 3. The summed E-state index contributed by atoms with van der Waals surface area (Å²) in [7, 11) is 0. The van der Waals surface area contributed by atoms with E-state index in [1.54, 1.807) is 6.07 Å². The molecule has 0 unspecified atom stereocenters. The fourth-order valence-electron chi connectivity index (χ4n) is 3.62. The Hall–Kier alpha value is -1.13. The standard InChI is InChI=1S/C16H24FN3/c17-14-5-6-16(13(11-14)12-18)20-9-7-19(8-10-20)15-3-1-2-4-15/h5-6,11,15H,1-4,7-10,12,18H2. The molecule has 1 aromatic rings. The van der Waals surface area contributed by atoms with Crippen molar-refractivity contribution in [1.82, 2.24) is 4.90 Å². The molecule has 0 spiro atoms. The summed E-state index contributed by atoms with van der Waals surface area (Å²) < 4.78 is 13.3. The molecule has 0 bridgehead atoms. The van der Waals surface area contributed by atoms with Crippen LogP contribution in [0.1, 0.15) is 31.2 Å². The van der Waals surface area contributed by atoms with Gasteiger partial charge >= 0.3 is 0 Å². The number of anilines is 1. The molecule has 1 saturated heterocycles. The Morgan fingerprint density at radius 2 is 1.80 bits per heavy atom. The van der Waals surface area contributed by atoms with Crippen molar-refractivity contribution in [3.05, 3.63) is 29.6 Å². The van der Waals surface area contributed by atoms with Gasteiger partial charge in [-0.3, -0.25) is 4.90 Å². The molecule has 2 N–H and O–H groups in total. The first-order chi connectivity index (χ1) is 9.78. The van der Waals surface area contributed by atoms with Crippen LogP contribution in [0.15, 0.2) is 18.2 Å². The van der Waals surface area contributed by atoms with Crippen LogP contribution in [-0.2, 0) is 6.54 Å². The molecule has 1 aliphatic carbocycles. The average molecular weight is 277 g/mol. The number of hydrogen-bond donors (Lipinski definition) is 1. The van der Waals surface area contributed by atoms with Gasteiger partial charge in [-0.25, -0.2) is 4.39 Å². The van der Waals surface area contributed by atoms with Crippen molar-refractivity contribution in [3.8, 4) is 0 Å². The summed E-state index contributed by atoms with van der Waals surface area (Å²) in [6, 6.07) is 5.79. The van der Waals surface area contributed by atoms with Crippen molar-refractivity contribution < 1.29 is 4.39 Å². The lowest BCUT2D eigenvalue weighted by Crippen LogP contribution is -2.50. The number of hydrogen-bond acceptors (Lipinski definition) is 3. The van der Waals surface area contributed by atoms with Gasteiger partial charge in [0, 0.05) is 44.5 Å². The van der Waals surface area contributed by atoms with Crippen LogP contribution in [0.2, 0.25) is 0 Å². The predicted molar refractivity (Wildman–Crippen MR) is 80.3 cm³/mol. The molecule has 2 aliphatic rings. The Balaban J connectivity index is 1.65. The second kappa shape index (κ2) is 6.10. The van der Waals surface area contributed by atoms with E-state index < -0.39 is 0 Å². The Morgan fingerprint density at radius 1 is 1.10 bits per heavy atom.